The Morgan fingerprint density at radius 1 is 0.358 bits per heavy atom. The van der Waals surface area contributed by atoms with Gasteiger partial charge < -0.3 is 69.3 Å². The zero-order chi connectivity index (χ0) is 87.7. The van der Waals surface area contributed by atoms with E-state index in [1.54, 1.807) is 0 Å². The molecule has 1 aliphatic heterocycles. The first-order valence-corrected chi connectivity index (χ1v) is 51.8. The van der Waals surface area contributed by atoms with Crippen molar-refractivity contribution in [2.75, 3.05) is 13.2 Å². The van der Waals surface area contributed by atoms with Gasteiger partial charge in [-0.1, -0.05) is 388 Å². The molecule has 2 fully saturated rings. The number of esters is 4. The Kier molecular flexibility index (Phi) is 72.2. The van der Waals surface area contributed by atoms with Crippen molar-refractivity contribution < 1.29 is 96.5 Å². The number of nitrogens with one attached hydrogen (secondary N) is 2. The summed E-state index contributed by atoms with van der Waals surface area (Å²) in [4.78, 5) is 106. The normalized spacial score (nSPS) is 20.2. The summed E-state index contributed by atoms with van der Waals surface area (Å²) in [6.07, 6.45) is 50.2. The molecule has 23 heteroatoms. The van der Waals surface area contributed by atoms with E-state index in [0.29, 0.717) is 57.8 Å². The first kappa shape index (κ1) is 113. The van der Waals surface area contributed by atoms with Crippen LogP contribution in [0.3, 0.4) is 0 Å². The Bertz CT molecular complexity index is 2510. The van der Waals surface area contributed by atoms with Gasteiger partial charge >= 0.3 is 31.7 Å². The molecule has 2 rings (SSSR count). The van der Waals surface area contributed by atoms with Crippen molar-refractivity contribution in [2.45, 2.75) is 564 Å². The summed E-state index contributed by atoms with van der Waals surface area (Å²) >= 11 is 0. The molecule has 0 radical (unpaired) electrons. The molecule has 0 bridgehead atoms. The molecule has 706 valence electrons. The topological polar surface area (TPSA) is 330 Å². The number of phosphoric acid groups is 1. The molecule has 8 N–H and O–H groups in total. The van der Waals surface area contributed by atoms with Crippen molar-refractivity contribution in [3.8, 4) is 0 Å². The molecule has 1 heterocycles. The molecule has 1 aliphatic carbocycles. The third-order valence-electron chi connectivity index (χ3n) is 24.6. The van der Waals surface area contributed by atoms with Crippen LogP contribution in [0.15, 0.2) is 0 Å². The summed E-state index contributed by atoms with van der Waals surface area (Å²) < 4.78 is 55.8. The minimum atomic E-state index is -5.50. The van der Waals surface area contributed by atoms with Crippen LogP contribution in [0.25, 0.3) is 0 Å². The highest BCUT2D eigenvalue weighted by atomic mass is 31.2. The lowest BCUT2D eigenvalue weighted by atomic mass is 9.79. The first-order valence-electron chi connectivity index (χ1n) is 50.3. The molecule has 5 unspecified atom stereocenters. The number of carbonyl (C=O) groups excluding carboxylic acids is 6. The Morgan fingerprint density at radius 2 is 0.633 bits per heavy atom. The predicted octanol–water partition coefficient (Wildman–Crippen LogP) is 23.0. The molecule has 0 aromatic heterocycles. The lowest BCUT2D eigenvalue weighted by molar-refractivity contribution is -0.262. The van der Waals surface area contributed by atoms with E-state index in [2.05, 4.69) is 52.2 Å². The van der Waals surface area contributed by atoms with Crippen LogP contribution in [0.5, 0.6) is 0 Å². The van der Waals surface area contributed by atoms with E-state index in [1.165, 1.54) is 173 Å². The van der Waals surface area contributed by atoms with Crippen LogP contribution in [-0.2, 0) is 66.3 Å². The van der Waals surface area contributed by atoms with Crippen LogP contribution in [0.2, 0.25) is 0 Å². The second-order valence-electron chi connectivity index (χ2n) is 36.0. The summed E-state index contributed by atoms with van der Waals surface area (Å²) in [7, 11) is -5.50. The molecule has 1 saturated heterocycles. The number of hydrogen-bond donors (Lipinski definition) is 8. The minimum absolute atomic E-state index is 0.141. The summed E-state index contributed by atoms with van der Waals surface area (Å²) in [6, 6.07) is -3.12. The molecule has 13 atom stereocenters. The number of ether oxygens (including phenoxy) is 6. The number of aliphatic hydroxyl groups excluding tert-OH is 4. The Morgan fingerprint density at radius 3 is 0.925 bits per heavy atom. The molecule has 0 spiro atoms. The SMILES string of the molecule is CCCCCCCCCCCCCCCC(=O)O[C@H](CCCCCCCCCCC)CC(=O)NC1C(O)OC(CO[C@@H]2CC(CO)[C@@H](OP(=O)(O)O)[C@H](OC(=O)C[C@@H](CCCCCCCCCCC)OC(=O)CCCCCCCCCCCCC)C2NC(=O)C[C@@H](CCCCCCCCCCC)OC(=O)CCCCCCCCCCC)[C@@H](O)[C@@H]1O. The highest BCUT2D eigenvalue weighted by molar-refractivity contribution is 7.46. The Labute approximate surface area is 730 Å². The predicted molar refractivity (Wildman–Crippen MR) is 481 cm³/mol. The van der Waals surface area contributed by atoms with E-state index >= 15 is 4.79 Å². The molecular formula is C97H183N2O20P. The molecule has 2 aliphatic rings. The van der Waals surface area contributed by atoms with Crippen molar-refractivity contribution in [1.82, 2.24) is 10.6 Å². The average Bonchev–Trinajstić information content (AvgIpc) is 0.777. The maximum atomic E-state index is 15.0. The number of aliphatic hydroxyl groups is 4. The molecule has 2 amide bonds. The Hall–Kier alpha value is -3.31. The van der Waals surface area contributed by atoms with Gasteiger partial charge in [-0.2, -0.15) is 0 Å². The molecular weight excluding hydrogens is 1540 g/mol. The van der Waals surface area contributed by atoms with Crippen LogP contribution in [0.4, 0.5) is 0 Å². The molecule has 120 heavy (non-hydrogen) atoms. The standard InChI is InChI=1S/C97H183N2O20P/c1-7-13-19-25-31-37-39-40-42-48-54-59-65-71-88(104)115-81(68-62-56-50-44-34-28-22-16-10-4)75-86(102)99-92-94(108)93(107)84(117-97(92)109)78-113-83-73-79(77-100)95(119-120(110,111)112)96(91(83)98-85(101)74-80(67-61-55-49-43-33-27-21-15-9-3)114-87(103)70-64-58-52-46-36-30-24-18-12-6)118-90(106)76-82(69-63-57-51-45-35-29-23-17-11-5)116-89(105)72-66-60-53-47-41-38-32-26-20-14-8-2/h79-84,91-97,100,107-109H,7-78H2,1-6H3,(H,98,101)(H,99,102)(H2,110,111,112)/t79?,80-,81-,82-,83-,84?,91?,92?,93-,94-,95-,96-,97?/m1/s1. The first-order chi connectivity index (χ1) is 58.2. The number of hydrogen-bond acceptors (Lipinski definition) is 18. The van der Waals surface area contributed by atoms with Gasteiger partial charge in [0, 0.05) is 31.8 Å². The van der Waals surface area contributed by atoms with Crippen LogP contribution in [0, 0.1) is 5.92 Å². The summed E-state index contributed by atoms with van der Waals surface area (Å²) in [5.74, 6) is -4.89. The number of amides is 2. The van der Waals surface area contributed by atoms with Crippen LogP contribution < -0.4 is 10.6 Å². The van der Waals surface area contributed by atoms with Gasteiger partial charge in [0.15, 0.2) is 12.4 Å². The van der Waals surface area contributed by atoms with E-state index in [1.807, 2.05) is 0 Å². The maximum absolute atomic E-state index is 15.0. The van der Waals surface area contributed by atoms with Crippen LogP contribution in [0.1, 0.15) is 491 Å². The van der Waals surface area contributed by atoms with E-state index in [4.69, 9.17) is 32.9 Å². The zero-order valence-corrected chi connectivity index (χ0v) is 78.2. The zero-order valence-electron chi connectivity index (χ0n) is 77.3. The third kappa shape index (κ3) is 60.4. The highest BCUT2D eigenvalue weighted by Gasteiger charge is 2.52. The molecule has 22 nitrogen and oxygen atoms in total. The highest BCUT2D eigenvalue weighted by Crippen LogP contribution is 2.45. The van der Waals surface area contributed by atoms with Crippen molar-refractivity contribution in [3.05, 3.63) is 0 Å². The van der Waals surface area contributed by atoms with E-state index in [-0.39, 0.29) is 38.5 Å². The van der Waals surface area contributed by atoms with Crippen molar-refractivity contribution in [2.24, 2.45) is 5.92 Å². The summed E-state index contributed by atoms with van der Waals surface area (Å²) in [5.41, 5.74) is 0. The maximum Gasteiger partial charge on any atom is 0.469 e. The summed E-state index contributed by atoms with van der Waals surface area (Å²) in [6.45, 7) is 11.8. The average molecular weight is 1730 g/mol. The van der Waals surface area contributed by atoms with Crippen molar-refractivity contribution in [3.63, 3.8) is 0 Å². The van der Waals surface area contributed by atoms with E-state index < -0.39 is 142 Å². The fourth-order valence-corrected chi connectivity index (χ4v) is 17.8. The third-order valence-corrected chi connectivity index (χ3v) is 25.2. The second kappa shape index (κ2) is 76.9. The number of unbranched alkanes of at least 4 members (excludes halogenated alkanes) is 54. The van der Waals surface area contributed by atoms with E-state index in [9.17, 15) is 58.8 Å². The van der Waals surface area contributed by atoms with Gasteiger partial charge in [0.1, 0.15) is 48.8 Å². The van der Waals surface area contributed by atoms with Gasteiger partial charge in [-0.25, -0.2) is 4.57 Å². The number of carbonyl (C=O) groups is 6. The fraction of sp³-hybridized carbons (Fsp3) is 0.938. The van der Waals surface area contributed by atoms with Crippen molar-refractivity contribution >= 4 is 43.5 Å². The van der Waals surface area contributed by atoms with Gasteiger partial charge in [0.05, 0.1) is 38.0 Å². The van der Waals surface area contributed by atoms with Crippen LogP contribution >= 0.6 is 7.82 Å². The van der Waals surface area contributed by atoms with Crippen molar-refractivity contribution in [1.29, 1.82) is 0 Å². The molecule has 0 aromatic carbocycles. The summed E-state index contributed by atoms with van der Waals surface area (Å²) in [5, 5.41) is 52.2. The second-order valence-corrected chi connectivity index (χ2v) is 37.1. The minimum Gasteiger partial charge on any atom is -0.462 e. The van der Waals surface area contributed by atoms with Gasteiger partial charge in [-0.05, 0) is 64.2 Å². The van der Waals surface area contributed by atoms with Gasteiger partial charge in [0.25, 0.3) is 0 Å². The molecule has 1 saturated carbocycles. The lowest BCUT2D eigenvalue weighted by Gasteiger charge is -2.46. The monoisotopic (exact) mass is 1730 g/mol. The number of phosphoric ester groups is 1. The fourth-order valence-electron chi connectivity index (χ4n) is 17.2. The largest absolute Gasteiger partial charge is 0.469 e. The van der Waals surface area contributed by atoms with Gasteiger partial charge in [-0.15, -0.1) is 0 Å². The van der Waals surface area contributed by atoms with E-state index in [0.717, 1.165) is 173 Å². The number of rotatable bonds is 84. The smallest absolute Gasteiger partial charge is 0.462 e. The Balaban J connectivity index is 2.56. The lowest BCUT2D eigenvalue weighted by Crippen LogP contribution is -2.66. The van der Waals surface area contributed by atoms with Crippen LogP contribution in [-0.4, -0.2) is 152 Å². The molecule has 0 aromatic rings. The van der Waals surface area contributed by atoms with Gasteiger partial charge in [-0.3, -0.25) is 33.3 Å². The quantitative estimate of drug-likeness (QED) is 0.0121. The van der Waals surface area contributed by atoms with Gasteiger partial charge in [0.2, 0.25) is 11.8 Å².